The fourth-order valence-electron chi connectivity index (χ4n) is 15.0. The third kappa shape index (κ3) is 5.96. The lowest BCUT2D eigenvalue weighted by molar-refractivity contribution is 0.487. The van der Waals surface area contributed by atoms with Gasteiger partial charge < -0.3 is 32.8 Å². The van der Waals surface area contributed by atoms with Crippen LogP contribution in [0.3, 0.4) is 0 Å². The molecule has 4 aliphatic rings. The molecule has 388 valence electrons. The fraction of sp³-hybridized carbons (Fsp3) is 0. The average molecular weight is 1090 g/mol. The van der Waals surface area contributed by atoms with E-state index in [0.717, 1.165) is 138 Å². The van der Waals surface area contributed by atoms with E-state index in [2.05, 4.69) is 274 Å². The van der Waals surface area contributed by atoms with Crippen molar-refractivity contribution in [2.45, 2.75) is 0 Å². The Labute approximate surface area is 485 Å². The Kier molecular flexibility index (Phi) is 8.84. The third-order valence-corrected chi connectivity index (χ3v) is 19.5. The van der Waals surface area contributed by atoms with Crippen molar-refractivity contribution in [3.63, 3.8) is 0 Å². The number of hydrogen-bond donors (Lipinski definition) is 0. The summed E-state index contributed by atoms with van der Waals surface area (Å²) in [5.41, 5.74) is 20.6. The number of hydrogen-bond acceptors (Lipinski definition) is 6. The van der Waals surface area contributed by atoms with Gasteiger partial charge in [-0.15, -0.1) is 11.3 Å². The number of para-hydroxylation sites is 8. The van der Waals surface area contributed by atoms with Gasteiger partial charge in [-0.3, -0.25) is 0 Å². The van der Waals surface area contributed by atoms with Crippen LogP contribution in [0, 0.1) is 0 Å². The van der Waals surface area contributed by atoms with Gasteiger partial charge in [0.25, 0.3) is 6.71 Å². The van der Waals surface area contributed by atoms with E-state index in [1.54, 1.807) is 11.3 Å². The minimum absolute atomic E-state index is 0.110. The van der Waals surface area contributed by atoms with Crippen molar-refractivity contribution in [1.29, 1.82) is 0 Å². The molecule has 0 amide bonds. The highest BCUT2D eigenvalue weighted by Crippen LogP contribution is 2.49. The second kappa shape index (κ2) is 16.5. The first kappa shape index (κ1) is 45.0. The summed E-state index contributed by atoms with van der Waals surface area (Å²) >= 11 is 1.79. The standard InChI is InChI=1S/C74H42B2N4O3S/c1-3-19-43(20-4-1)77-61-33-17-12-28-54(61)75-55-39-52-53-40-56-66(42-70(53)84-69(52)41-65(55)81-67-37-45(35-62(77)71(67)75)78-57-29-13-7-23-47(57)48-24-8-14-30-58(48)78)82-68-38-46(79-59-31-15-9-25-49(59)50-26-10-16-32-60(50)79)36-63-72(68)76(56)74-73(51-27-11-18-34-64(51)83-74)80(63)44-21-5-2-6-22-44/h1-42H. The Morgan fingerprint density at radius 1 is 0.310 bits per heavy atom. The van der Waals surface area contributed by atoms with E-state index < -0.39 is 0 Å². The largest absolute Gasteiger partial charge is 0.468 e. The predicted molar refractivity (Wildman–Crippen MR) is 349 cm³/mol. The van der Waals surface area contributed by atoms with Gasteiger partial charge in [-0.1, -0.05) is 152 Å². The molecule has 84 heavy (non-hydrogen) atoms. The number of fused-ring (bicyclic) bond motifs is 19. The Bertz CT molecular complexity index is 5460. The Balaban J connectivity index is 0.817. The lowest BCUT2D eigenvalue weighted by Gasteiger charge is -2.40. The monoisotopic (exact) mass is 1090 g/mol. The van der Waals surface area contributed by atoms with E-state index in [1.807, 2.05) is 0 Å². The van der Waals surface area contributed by atoms with Gasteiger partial charge in [0, 0.05) is 93.1 Å². The first-order valence-electron chi connectivity index (χ1n) is 28.7. The normalized spacial score (nSPS) is 13.6. The summed E-state index contributed by atoms with van der Waals surface area (Å²) in [5, 5.41) is 8.29. The molecule has 16 aromatic rings. The molecular weight excluding hydrogens is 1050 g/mol. The van der Waals surface area contributed by atoms with Crippen LogP contribution in [-0.4, -0.2) is 22.6 Å². The number of nitrogens with zero attached hydrogens (tertiary/aromatic N) is 4. The zero-order valence-corrected chi connectivity index (χ0v) is 45.6. The summed E-state index contributed by atoms with van der Waals surface area (Å²) in [6.07, 6.45) is 0. The van der Waals surface area contributed by atoms with Gasteiger partial charge in [0.2, 0.25) is 0 Å². The smallest absolute Gasteiger partial charge is 0.301 e. The third-order valence-electron chi connectivity index (χ3n) is 18.3. The molecule has 12 aromatic carbocycles. The SMILES string of the molecule is c1ccc(N2c3ccccc3B3c4cc5c(cc4Oc4cc(-n6c7ccccc7c7ccccc76)cc2c43)sc2cc3c(cc25)B2c4oc5ccccc5c4N(c4ccccc4)c4cc(-n5c6ccccc6c6ccccc65)cc(c42)O3)cc1. The van der Waals surface area contributed by atoms with Crippen LogP contribution in [0.25, 0.3) is 86.1 Å². The summed E-state index contributed by atoms with van der Waals surface area (Å²) < 4.78 is 29.2. The minimum atomic E-state index is -0.277. The van der Waals surface area contributed by atoms with Crippen LogP contribution in [0.15, 0.2) is 259 Å². The molecule has 7 nitrogen and oxygen atoms in total. The number of thiophene rings is 1. The lowest BCUT2D eigenvalue weighted by Crippen LogP contribution is -2.59. The van der Waals surface area contributed by atoms with Crippen LogP contribution in [0.1, 0.15) is 0 Å². The van der Waals surface area contributed by atoms with E-state index in [9.17, 15) is 0 Å². The van der Waals surface area contributed by atoms with Crippen molar-refractivity contribution in [2.24, 2.45) is 0 Å². The van der Waals surface area contributed by atoms with Gasteiger partial charge in [-0.2, -0.15) is 0 Å². The zero-order chi connectivity index (χ0) is 54.5. The number of rotatable bonds is 4. The first-order valence-corrected chi connectivity index (χ1v) is 29.5. The second-order valence-electron chi connectivity index (χ2n) is 22.6. The maximum atomic E-state index is 7.44. The van der Waals surface area contributed by atoms with Crippen molar-refractivity contribution < 1.29 is 13.9 Å². The first-order chi connectivity index (χ1) is 41.7. The van der Waals surface area contributed by atoms with Gasteiger partial charge in [-0.05, 0) is 113 Å². The van der Waals surface area contributed by atoms with E-state index in [1.165, 1.54) is 37.8 Å². The van der Waals surface area contributed by atoms with Gasteiger partial charge in [0.05, 0.1) is 44.8 Å². The molecule has 4 aromatic heterocycles. The molecule has 0 atom stereocenters. The number of furan rings is 1. The number of benzene rings is 12. The summed E-state index contributed by atoms with van der Waals surface area (Å²) in [4.78, 5) is 4.85. The summed E-state index contributed by atoms with van der Waals surface area (Å²) in [7, 11) is 0. The highest BCUT2D eigenvalue weighted by atomic mass is 32.1. The number of aromatic nitrogens is 2. The Morgan fingerprint density at radius 2 is 0.750 bits per heavy atom. The molecule has 0 bridgehead atoms. The topological polar surface area (TPSA) is 47.9 Å². The summed E-state index contributed by atoms with van der Waals surface area (Å²) in [6, 6.07) is 92.6. The van der Waals surface area contributed by atoms with Gasteiger partial charge in [-0.25, -0.2) is 0 Å². The van der Waals surface area contributed by atoms with Crippen LogP contribution in [-0.2, 0) is 0 Å². The van der Waals surface area contributed by atoms with E-state index in [-0.39, 0.29) is 13.4 Å². The highest BCUT2D eigenvalue weighted by Gasteiger charge is 2.47. The van der Waals surface area contributed by atoms with Crippen LogP contribution in [0.2, 0.25) is 0 Å². The average Bonchev–Trinajstić information content (AvgIpc) is 1.43. The number of anilines is 6. The van der Waals surface area contributed by atoms with Crippen molar-refractivity contribution in [2.75, 3.05) is 9.80 Å². The van der Waals surface area contributed by atoms with E-state index in [0.29, 0.717) is 0 Å². The molecule has 8 heterocycles. The minimum Gasteiger partial charge on any atom is -0.468 e. The number of ether oxygens (including phenoxy) is 2. The quantitative estimate of drug-likeness (QED) is 0.164. The van der Waals surface area contributed by atoms with Gasteiger partial charge in [0.15, 0.2) is 0 Å². The second-order valence-corrected chi connectivity index (χ2v) is 23.7. The van der Waals surface area contributed by atoms with E-state index >= 15 is 0 Å². The Morgan fingerprint density at radius 3 is 1.31 bits per heavy atom. The van der Waals surface area contributed by atoms with Gasteiger partial charge >= 0.3 is 6.71 Å². The van der Waals surface area contributed by atoms with Crippen molar-refractivity contribution in [3.8, 4) is 34.4 Å². The zero-order valence-electron chi connectivity index (χ0n) is 44.8. The maximum Gasteiger partial charge on any atom is 0.301 e. The van der Waals surface area contributed by atoms with Crippen LogP contribution < -0.4 is 52.2 Å². The van der Waals surface area contributed by atoms with E-state index in [4.69, 9.17) is 13.9 Å². The van der Waals surface area contributed by atoms with Crippen LogP contribution in [0.5, 0.6) is 23.0 Å². The molecular formula is C74H42B2N4O3S. The van der Waals surface area contributed by atoms with Gasteiger partial charge in [0.1, 0.15) is 28.6 Å². The lowest BCUT2D eigenvalue weighted by atomic mass is 9.34. The molecule has 0 radical (unpaired) electrons. The molecule has 0 spiro atoms. The molecule has 0 aliphatic carbocycles. The summed E-state index contributed by atoms with van der Waals surface area (Å²) in [6.45, 7) is -0.387. The molecule has 4 aliphatic heterocycles. The molecule has 0 saturated heterocycles. The van der Waals surface area contributed by atoms with Crippen LogP contribution in [0.4, 0.5) is 34.1 Å². The fourth-order valence-corrected chi connectivity index (χ4v) is 16.1. The molecule has 10 heteroatoms. The molecule has 0 fully saturated rings. The van der Waals surface area contributed by atoms with Crippen molar-refractivity contribution in [1.82, 2.24) is 9.13 Å². The Hall–Kier alpha value is -10.7. The molecule has 0 unspecified atom stereocenters. The van der Waals surface area contributed by atoms with Crippen molar-refractivity contribution >= 4 is 167 Å². The van der Waals surface area contributed by atoms with Crippen LogP contribution >= 0.6 is 11.3 Å². The predicted octanol–water partition coefficient (Wildman–Crippen LogP) is 15.8. The highest BCUT2D eigenvalue weighted by molar-refractivity contribution is 7.26. The molecule has 0 N–H and O–H groups in total. The molecule has 20 rings (SSSR count). The molecule has 0 saturated carbocycles. The summed E-state index contributed by atoms with van der Waals surface area (Å²) in [5.74, 6) is 3.37. The maximum absolute atomic E-state index is 7.44. The van der Waals surface area contributed by atoms with Crippen molar-refractivity contribution in [3.05, 3.63) is 255 Å².